The lowest BCUT2D eigenvalue weighted by molar-refractivity contribution is -0.157. The molecular formula is C22H32N4O2. The van der Waals surface area contributed by atoms with Gasteiger partial charge in [-0.25, -0.2) is 0 Å². The highest BCUT2D eigenvalue weighted by Crippen LogP contribution is 2.24. The van der Waals surface area contributed by atoms with E-state index in [0.717, 1.165) is 17.5 Å². The molecule has 0 saturated carbocycles. The maximum Gasteiger partial charge on any atom is 0.256 e. The van der Waals surface area contributed by atoms with E-state index >= 15 is 0 Å². The molecule has 0 bridgehead atoms. The van der Waals surface area contributed by atoms with Crippen LogP contribution in [0.5, 0.6) is 0 Å². The fourth-order valence-electron chi connectivity index (χ4n) is 3.69. The van der Waals surface area contributed by atoms with Crippen LogP contribution in [0.15, 0.2) is 36.7 Å². The van der Waals surface area contributed by atoms with E-state index in [0.29, 0.717) is 38.5 Å². The van der Waals surface area contributed by atoms with Gasteiger partial charge in [-0.05, 0) is 42.4 Å². The average molecular weight is 385 g/mol. The van der Waals surface area contributed by atoms with Crippen molar-refractivity contribution in [1.82, 2.24) is 20.0 Å². The van der Waals surface area contributed by atoms with Crippen LogP contribution in [0.4, 0.5) is 0 Å². The number of likely N-dealkylation sites (tertiary alicyclic amines) is 1. The molecule has 2 aromatic rings. The molecule has 1 aliphatic rings. The Hall–Kier alpha value is -2.18. The van der Waals surface area contributed by atoms with Gasteiger partial charge < -0.3 is 15.3 Å². The molecule has 1 aromatic heterocycles. The molecule has 6 heteroatoms. The average Bonchev–Trinajstić information content (AvgIpc) is 3.08. The van der Waals surface area contributed by atoms with Crippen molar-refractivity contribution in [2.75, 3.05) is 19.6 Å². The monoisotopic (exact) mass is 384 g/mol. The summed E-state index contributed by atoms with van der Waals surface area (Å²) >= 11 is 0. The minimum Gasteiger partial charge on any atom is -0.379 e. The van der Waals surface area contributed by atoms with Gasteiger partial charge >= 0.3 is 0 Å². The van der Waals surface area contributed by atoms with Gasteiger partial charge in [0.25, 0.3) is 5.91 Å². The van der Waals surface area contributed by atoms with Crippen molar-refractivity contribution in [1.29, 1.82) is 0 Å². The summed E-state index contributed by atoms with van der Waals surface area (Å²) in [6, 6.07) is 8.42. The SMILES string of the molecule is Cc1cnn(CCNCC2(O)CCCN(Cc3ccc(C(C)C)cc3)C2=O)c1. The first-order valence-corrected chi connectivity index (χ1v) is 10.2. The third kappa shape index (κ3) is 5.00. The second-order valence-electron chi connectivity index (χ2n) is 8.22. The number of hydrogen-bond acceptors (Lipinski definition) is 4. The maximum atomic E-state index is 12.9. The second kappa shape index (κ2) is 8.88. The Bertz CT molecular complexity index is 784. The standard InChI is InChI=1S/C22H32N4O2/c1-17(2)20-7-5-19(6-8-20)15-25-11-4-9-22(28,21(25)27)16-23-10-12-26-14-18(3)13-24-26/h5-8,13-14,17,23,28H,4,9-12,15-16H2,1-3H3. The number of aromatic nitrogens is 2. The summed E-state index contributed by atoms with van der Waals surface area (Å²) < 4.78 is 1.86. The first-order valence-electron chi connectivity index (χ1n) is 10.2. The zero-order valence-electron chi connectivity index (χ0n) is 17.2. The number of aliphatic hydroxyl groups is 1. The van der Waals surface area contributed by atoms with Gasteiger partial charge in [0.05, 0.1) is 12.7 Å². The Morgan fingerprint density at radius 1 is 1.29 bits per heavy atom. The third-order valence-corrected chi connectivity index (χ3v) is 5.42. The van der Waals surface area contributed by atoms with Crippen molar-refractivity contribution in [2.24, 2.45) is 0 Å². The molecule has 0 spiro atoms. The first kappa shape index (κ1) is 20.6. The van der Waals surface area contributed by atoms with E-state index in [-0.39, 0.29) is 12.5 Å². The molecule has 1 saturated heterocycles. The van der Waals surface area contributed by atoms with Crippen LogP contribution >= 0.6 is 0 Å². The van der Waals surface area contributed by atoms with Gasteiger partial charge in [0.15, 0.2) is 5.60 Å². The predicted octanol–water partition coefficient (Wildman–Crippen LogP) is 2.46. The van der Waals surface area contributed by atoms with E-state index < -0.39 is 5.60 Å². The van der Waals surface area contributed by atoms with E-state index in [4.69, 9.17) is 0 Å². The van der Waals surface area contributed by atoms with E-state index in [1.165, 1.54) is 5.56 Å². The highest BCUT2D eigenvalue weighted by Gasteiger charge is 2.41. The van der Waals surface area contributed by atoms with Gasteiger partial charge in [0.1, 0.15) is 0 Å². The third-order valence-electron chi connectivity index (χ3n) is 5.42. The number of carbonyl (C=O) groups excluding carboxylic acids is 1. The van der Waals surface area contributed by atoms with Crippen molar-refractivity contribution >= 4 is 5.91 Å². The van der Waals surface area contributed by atoms with Gasteiger partial charge in [0, 0.05) is 32.4 Å². The number of nitrogens with zero attached hydrogens (tertiary/aromatic N) is 3. The van der Waals surface area contributed by atoms with Gasteiger partial charge in [-0.3, -0.25) is 9.48 Å². The van der Waals surface area contributed by atoms with Crippen LogP contribution in [0.25, 0.3) is 0 Å². The lowest BCUT2D eigenvalue weighted by Gasteiger charge is -2.38. The molecule has 1 aliphatic heterocycles. The molecule has 6 nitrogen and oxygen atoms in total. The van der Waals surface area contributed by atoms with E-state index in [1.54, 1.807) is 4.90 Å². The van der Waals surface area contributed by atoms with Crippen molar-refractivity contribution in [3.05, 3.63) is 53.3 Å². The Balaban J connectivity index is 1.53. The predicted molar refractivity (Wildman–Crippen MR) is 110 cm³/mol. The summed E-state index contributed by atoms with van der Waals surface area (Å²) in [7, 11) is 0. The molecule has 2 N–H and O–H groups in total. The summed E-state index contributed by atoms with van der Waals surface area (Å²) in [6.07, 6.45) is 5.12. The van der Waals surface area contributed by atoms with Crippen LogP contribution in [0.1, 0.15) is 49.3 Å². The van der Waals surface area contributed by atoms with Gasteiger partial charge in [-0.1, -0.05) is 38.1 Å². The summed E-state index contributed by atoms with van der Waals surface area (Å²) in [5.41, 5.74) is 2.19. The van der Waals surface area contributed by atoms with Crippen LogP contribution < -0.4 is 5.32 Å². The highest BCUT2D eigenvalue weighted by molar-refractivity contribution is 5.86. The topological polar surface area (TPSA) is 70.4 Å². The molecule has 152 valence electrons. The minimum atomic E-state index is -1.32. The number of rotatable bonds is 8. The largest absolute Gasteiger partial charge is 0.379 e. The molecule has 0 radical (unpaired) electrons. The summed E-state index contributed by atoms with van der Waals surface area (Å²) in [5, 5.41) is 18.4. The lowest BCUT2D eigenvalue weighted by Crippen LogP contribution is -2.57. The Labute approximate surface area is 167 Å². The normalized spacial score (nSPS) is 20.2. The van der Waals surface area contributed by atoms with Crippen LogP contribution in [0.2, 0.25) is 0 Å². The number of nitrogens with one attached hydrogen (secondary N) is 1. The maximum absolute atomic E-state index is 12.9. The molecule has 0 aliphatic carbocycles. The number of amides is 1. The van der Waals surface area contributed by atoms with Gasteiger partial charge in [-0.2, -0.15) is 5.10 Å². The number of piperidine rings is 1. The number of aryl methyl sites for hydroxylation is 1. The quantitative estimate of drug-likeness (QED) is 0.686. The summed E-state index contributed by atoms with van der Waals surface area (Å²) in [6.45, 7) is 9.23. The molecule has 1 atom stereocenters. The molecular weight excluding hydrogens is 352 g/mol. The van der Waals surface area contributed by atoms with Crippen molar-refractivity contribution < 1.29 is 9.90 Å². The molecule has 1 aromatic carbocycles. The number of hydrogen-bond donors (Lipinski definition) is 2. The number of carbonyl (C=O) groups is 1. The fourth-order valence-corrected chi connectivity index (χ4v) is 3.69. The lowest BCUT2D eigenvalue weighted by atomic mass is 9.91. The first-order chi connectivity index (χ1) is 13.4. The van der Waals surface area contributed by atoms with E-state index in [1.807, 2.05) is 24.0 Å². The van der Waals surface area contributed by atoms with Crippen LogP contribution in [-0.4, -0.2) is 50.9 Å². The Morgan fingerprint density at radius 2 is 2.04 bits per heavy atom. The molecule has 2 heterocycles. The highest BCUT2D eigenvalue weighted by atomic mass is 16.3. The van der Waals surface area contributed by atoms with Gasteiger partial charge in [0.2, 0.25) is 0 Å². The molecule has 28 heavy (non-hydrogen) atoms. The van der Waals surface area contributed by atoms with Crippen LogP contribution in [0, 0.1) is 6.92 Å². The zero-order valence-corrected chi connectivity index (χ0v) is 17.2. The van der Waals surface area contributed by atoms with Crippen LogP contribution in [-0.2, 0) is 17.9 Å². The summed E-state index contributed by atoms with van der Waals surface area (Å²) in [5.74, 6) is 0.321. The minimum absolute atomic E-state index is 0.172. The van der Waals surface area contributed by atoms with E-state index in [2.05, 4.69) is 48.5 Å². The fraction of sp³-hybridized carbons (Fsp3) is 0.545. The molecule has 3 rings (SSSR count). The molecule has 1 amide bonds. The zero-order chi connectivity index (χ0) is 20.1. The summed E-state index contributed by atoms with van der Waals surface area (Å²) in [4.78, 5) is 14.7. The van der Waals surface area contributed by atoms with Crippen molar-refractivity contribution in [3.8, 4) is 0 Å². The van der Waals surface area contributed by atoms with E-state index in [9.17, 15) is 9.90 Å². The van der Waals surface area contributed by atoms with Crippen LogP contribution in [0.3, 0.4) is 0 Å². The van der Waals surface area contributed by atoms with Crippen molar-refractivity contribution in [2.45, 2.75) is 58.2 Å². The Kier molecular flexibility index (Phi) is 6.52. The molecule has 1 fully saturated rings. The number of benzene rings is 1. The van der Waals surface area contributed by atoms with Crippen molar-refractivity contribution in [3.63, 3.8) is 0 Å². The molecule has 1 unspecified atom stereocenters. The Morgan fingerprint density at radius 3 is 2.68 bits per heavy atom. The smallest absolute Gasteiger partial charge is 0.256 e. The van der Waals surface area contributed by atoms with Gasteiger partial charge in [-0.15, -0.1) is 0 Å². The second-order valence-corrected chi connectivity index (χ2v) is 8.22.